The Bertz CT molecular complexity index is 682. The summed E-state index contributed by atoms with van der Waals surface area (Å²) in [5, 5.41) is 10.2. The van der Waals surface area contributed by atoms with Gasteiger partial charge in [0.05, 0.1) is 21.1 Å². The minimum absolute atomic E-state index is 0.399. The summed E-state index contributed by atoms with van der Waals surface area (Å²) in [6.45, 7) is 0. The normalized spacial score (nSPS) is 11.4. The lowest BCUT2D eigenvalue weighted by Gasteiger charge is -2.02. The van der Waals surface area contributed by atoms with Crippen molar-refractivity contribution in [3.63, 3.8) is 0 Å². The van der Waals surface area contributed by atoms with Gasteiger partial charge < -0.3 is 4.42 Å². The molecular formula is C13H5Br2Cl2NO. The summed E-state index contributed by atoms with van der Waals surface area (Å²) in [5.41, 5.74) is 1.01. The molecule has 0 saturated carbocycles. The number of rotatable bonds is 2. The number of furan rings is 1. The van der Waals surface area contributed by atoms with Crippen LogP contribution < -0.4 is 0 Å². The summed E-state index contributed by atoms with van der Waals surface area (Å²) < 4.78 is 6.75. The van der Waals surface area contributed by atoms with Crippen LogP contribution in [0, 0.1) is 11.3 Å². The molecule has 96 valence electrons. The average molecular weight is 422 g/mol. The van der Waals surface area contributed by atoms with E-state index in [0.29, 0.717) is 31.6 Å². The monoisotopic (exact) mass is 419 g/mol. The van der Waals surface area contributed by atoms with E-state index in [9.17, 15) is 5.26 Å². The highest BCUT2D eigenvalue weighted by Gasteiger charge is 2.10. The lowest BCUT2D eigenvalue weighted by molar-refractivity contribution is 0.530. The number of allylic oxidation sites excluding steroid dienone is 1. The van der Waals surface area contributed by atoms with Gasteiger partial charge in [0.2, 0.25) is 0 Å². The topological polar surface area (TPSA) is 36.9 Å². The molecule has 0 bridgehead atoms. The second kappa shape index (κ2) is 6.15. The first-order valence-corrected chi connectivity index (χ1v) is 7.37. The number of hydrogen-bond acceptors (Lipinski definition) is 2. The molecule has 0 saturated heterocycles. The van der Waals surface area contributed by atoms with Crippen molar-refractivity contribution < 1.29 is 4.42 Å². The summed E-state index contributed by atoms with van der Waals surface area (Å²) >= 11 is 18.5. The van der Waals surface area contributed by atoms with Crippen LogP contribution >= 0.6 is 55.1 Å². The first-order valence-electron chi connectivity index (χ1n) is 5.03. The van der Waals surface area contributed by atoms with E-state index in [4.69, 9.17) is 27.6 Å². The fraction of sp³-hybridized carbons (Fsp3) is 0. The van der Waals surface area contributed by atoms with Gasteiger partial charge in [0.1, 0.15) is 5.76 Å². The van der Waals surface area contributed by atoms with Crippen molar-refractivity contribution in [3.8, 4) is 6.07 Å². The third kappa shape index (κ3) is 3.43. The zero-order chi connectivity index (χ0) is 14.0. The molecule has 0 aliphatic carbocycles. The van der Waals surface area contributed by atoms with Crippen molar-refractivity contribution in [2.45, 2.75) is 0 Å². The Kier molecular flexibility index (Phi) is 4.75. The van der Waals surface area contributed by atoms with Gasteiger partial charge in [-0.25, -0.2) is 0 Å². The highest BCUT2D eigenvalue weighted by Crippen LogP contribution is 2.31. The molecule has 19 heavy (non-hydrogen) atoms. The maximum Gasteiger partial charge on any atom is 0.184 e. The fourth-order valence-electron chi connectivity index (χ4n) is 1.45. The maximum atomic E-state index is 9.24. The zero-order valence-electron chi connectivity index (χ0n) is 9.25. The van der Waals surface area contributed by atoms with Crippen molar-refractivity contribution >= 4 is 66.7 Å². The Labute approximate surface area is 136 Å². The van der Waals surface area contributed by atoms with Gasteiger partial charge in [0.15, 0.2) is 4.67 Å². The van der Waals surface area contributed by atoms with Gasteiger partial charge >= 0.3 is 0 Å². The number of nitrogens with zero attached hydrogens (tertiary/aromatic N) is 1. The van der Waals surface area contributed by atoms with E-state index in [1.807, 2.05) is 0 Å². The highest BCUT2D eigenvalue weighted by molar-refractivity contribution is 9.13. The minimum atomic E-state index is 0.399. The van der Waals surface area contributed by atoms with E-state index in [2.05, 4.69) is 37.9 Å². The van der Waals surface area contributed by atoms with E-state index in [0.717, 1.165) is 4.47 Å². The van der Waals surface area contributed by atoms with E-state index in [1.54, 1.807) is 30.3 Å². The summed E-state index contributed by atoms with van der Waals surface area (Å²) in [6, 6.07) is 8.83. The van der Waals surface area contributed by atoms with Crippen LogP contribution in [0.25, 0.3) is 11.6 Å². The molecule has 6 heteroatoms. The molecule has 0 aliphatic rings. The minimum Gasteiger partial charge on any atom is -0.449 e. The van der Waals surface area contributed by atoms with Gasteiger partial charge in [-0.05, 0) is 56.1 Å². The molecule has 2 aromatic rings. The van der Waals surface area contributed by atoms with E-state index in [1.165, 1.54) is 0 Å². The molecule has 2 nitrogen and oxygen atoms in total. The van der Waals surface area contributed by atoms with Crippen LogP contribution in [0.2, 0.25) is 10.0 Å². The summed E-state index contributed by atoms with van der Waals surface area (Å²) in [4.78, 5) is 0. The van der Waals surface area contributed by atoms with Crippen LogP contribution in [0.4, 0.5) is 0 Å². The second-order valence-electron chi connectivity index (χ2n) is 3.56. The fourth-order valence-corrected chi connectivity index (χ4v) is 2.57. The molecule has 1 aromatic heterocycles. The molecule has 0 radical (unpaired) electrons. The molecule has 2 rings (SSSR count). The van der Waals surface area contributed by atoms with Gasteiger partial charge in [-0.15, -0.1) is 0 Å². The number of nitriles is 1. The van der Waals surface area contributed by atoms with E-state index < -0.39 is 0 Å². The Balaban J connectivity index is 2.48. The van der Waals surface area contributed by atoms with Gasteiger partial charge in [0, 0.05) is 10.6 Å². The standard InChI is InChI=1S/C13H5Br2Cl2NO/c14-11-5-9(19-13(11)15)3-7(6-18)10-2-1-8(16)4-12(10)17/h1-5H/b7-3-. The first-order chi connectivity index (χ1) is 9.01. The summed E-state index contributed by atoms with van der Waals surface area (Å²) in [7, 11) is 0. The molecule has 0 spiro atoms. The van der Waals surface area contributed by atoms with Crippen LogP contribution in [0.3, 0.4) is 0 Å². The molecular weight excluding hydrogens is 417 g/mol. The van der Waals surface area contributed by atoms with Crippen molar-refractivity contribution in [1.82, 2.24) is 0 Å². The zero-order valence-corrected chi connectivity index (χ0v) is 13.9. The molecule has 0 unspecified atom stereocenters. The first kappa shape index (κ1) is 14.7. The predicted molar refractivity (Wildman–Crippen MR) is 84.1 cm³/mol. The van der Waals surface area contributed by atoms with Crippen LogP contribution in [-0.2, 0) is 0 Å². The molecule has 0 amide bonds. The molecule has 1 heterocycles. The van der Waals surface area contributed by atoms with Crippen LogP contribution in [-0.4, -0.2) is 0 Å². The van der Waals surface area contributed by atoms with Gasteiger partial charge in [-0.3, -0.25) is 0 Å². The maximum absolute atomic E-state index is 9.24. The number of benzene rings is 1. The Morgan fingerprint density at radius 3 is 2.53 bits per heavy atom. The second-order valence-corrected chi connectivity index (χ2v) is 5.98. The molecule has 0 fully saturated rings. The Morgan fingerprint density at radius 1 is 1.26 bits per heavy atom. The SMILES string of the molecule is N#C/C(=C/c1cc(Br)c(Br)o1)c1ccc(Cl)cc1Cl. The van der Waals surface area contributed by atoms with Crippen molar-refractivity contribution in [1.29, 1.82) is 5.26 Å². The Hall–Kier alpha value is -0.730. The third-order valence-electron chi connectivity index (χ3n) is 2.29. The lowest BCUT2D eigenvalue weighted by Crippen LogP contribution is -1.83. The summed E-state index contributed by atoms with van der Waals surface area (Å²) in [5.74, 6) is 0.543. The average Bonchev–Trinajstić information content (AvgIpc) is 2.66. The molecule has 0 N–H and O–H groups in total. The van der Waals surface area contributed by atoms with Crippen molar-refractivity contribution in [3.05, 3.63) is 54.8 Å². The van der Waals surface area contributed by atoms with Gasteiger partial charge in [0.25, 0.3) is 0 Å². The third-order valence-corrected chi connectivity index (χ3v) is 4.55. The summed E-state index contributed by atoms with van der Waals surface area (Å²) in [6.07, 6.45) is 1.62. The van der Waals surface area contributed by atoms with Crippen molar-refractivity contribution in [2.75, 3.05) is 0 Å². The van der Waals surface area contributed by atoms with Crippen molar-refractivity contribution in [2.24, 2.45) is 0 Å². The quantitative estimate of drug-likeness (QED) is 0.543. The molecule has 1 aromatic carbocycles. The molecule has 0 atom stereocenters. The highest BCUT2D eigenvalue weighted by atomic mass is 79.9. The van der Waals surface area contributed by atoms with Crippen LogP contribution in [0.15, 0.2) is 37.8 Å². The van der Waals surface area contributed by atoms with Crippen LogP contribution in [0.1, 0.15) is 11.3 Å². The van der Waals surface area contributed by atoms with Gasteiger partial charge in [-0.1, -0.05) is 29.3 Å². The lowest BCUT2D eigenvalue weighted by atomic mass is 10.1. The van der Waals surface area contributed by atoms with E-state index >= 15 is 0 Å². The van der Waals surface area contributed by atoms with E-state index in [-0.39, 0.29) is 0 Å². The predicted octanol–water partition coefficient (Wildman–Crippen LogP) is 6.18. The number of halogens is 4. The molecule has 0 aliphatic heterocycles. The smallest absolute Gasteiger partial charge is 0.184 e. The van der Waals surface area contributed by atoms with Crippen LogP contribution in [0.5, 0.6) is 0 Å². The van der Waals surface area contributed by atoms with Gasteiger partial charge in [-0.2, -0.15) is 5.26 Å². The Morgan fingerprint density at radius 2 is 2.00 bits per heavy atom. The largest absolute Gasteiger partial charge is 0.449 e. The number of hydrogen-bond donors (Lipinski definition) is 0.